The zero-order chi connectivity index (χ0) is 27.5. The normalized spacial score (nSPS) is 10.7. The summed E-state index contributed by atoms with van der Waals surface area (Å²) >= 11 is 0. The molecule has 6 aromatic rings. The van der Waals surface area contributed by atoms with Crippen molar-refractivity contribution in [2.75, 3.05) is 0 Å². The van der Waals surface area contributed by atoms with Crippen LogP contribution in [0.25, 0.3) is 5.57 Å². The van der Waals surface area contributed by atoms with E-state index in [0.717, 1.165) is 6.17 Å². The molecule has 0 spiro atoms. The summed E-state index contributed by atoms with van der Waals surface area (Å²) in [4.78, 5) is 4.27. The first kappa shape index (κ1) is 26.9. The van der Waals surface area contributed by atoms with E-state index >= 15 is 0 Å². The standard InChI is InChI=1S/C22H20N2Si.C14H13B/c1-4-10-20(11-5-1)25(19-24-17-16-23-18-24,21-12-6-2-7-13-21)22-14-8-3-9-15-22;15-11-14(12-7-3-1-4-8-12)13-9-5-2-6-10-13/h1-18H,19H2;1-11H,15H2. The number of hydrogen-bond acceptors (Lipinski definition) is 1. The first-order chi connectivity index (χ1) is 19.8. The topological polar surface area (TPSA) is 17.8 Å². The second-order valence-electron chi connectivity index (χ2n) is 9.67. The fourth-order valence-corrected chi connectivity index (χ4v) is 9.90. The molecule has 6 rings (SSSR count). The van der Waals surface area contributed by atoms with Gasteiger partial charge >= 0.3 is 0 Å². The lowest BCUT2D eigenvalue weighted by Gasteiger charge is -2.34. The van der Waals surface area contributed by atoms with Crippen molar-refractivity contribution in [3.05, 3.63) is 187 Å². The molecule has 2 nitrogen and oxygen atoms in total. The van der Waals surface area contributed by atoms with Crippen LogP contribution in [0.5, 0.6) is 0 Å². The zero-order valence-electron chi connectivity index (χ0n) is 22.8. The maximum atomic E-state index is 4.27. The van der Waals surface area contributed by atoms with Gasteiger partial charge in [0.25, 0.3) is 0 Å². The van der Waals surface area contributed by atoms with Gasteiger partial charge in [0.2, 0.25) is 0 Å². The second-order valence-corrected chi connectivity index (χ2v) is 13.5. The lowest BCUT2D eigenvalue weighted by Crippen LogP contribution is -2.69. The van der Waals surface area contributed by atoms with Crippen molar-refractivity contribution in [1.29, 1.82) is 0 Å². The molecule has 0 aliphatic heterocycles. The number of hydrogen-bond donors (Lipinski definition) is 0. The maximum absolute atomic E-state index is 4.27. The highest BCUT2D eigenvalue weighted by molar-refractivity contribution is 7.10. The van der Waals surface area contributed by atoms with Gasteiger partial charge in [0.1, 0.15) is 7.85 Å². The molecular weight excluding hydrogens is 499 g/mol. The number of nitrogens with zero attached hydrogens (tertiary/aromatic N) is 2. The first-order valence-corrected chi connectivity index (χ1v) is 15.9. The van der Waals surface area contributed by atoms with E-state index in [4.69, 9.17) is 0 Å². The monoisotopic (exact) mass is 532 g/mol. The fourth-order valence-electron chi connectivity index (χ4n) is 5.33. The Bertz CT molecular complexity index is 1450. The van der Waals surface area contributed by atoms with Crippen LogP contribution in [0.4, 0.5) is 0 Å². The minimum absolute atomic E-state index is 0.936. The number of rotatable bonds is 7. The maximum Gasteiger partial charge on any atom is 0.168 e. The summed E-state index contributed by atoms with van der Waals surface area (Å²) in [6, 6.07) is 53.8. The van der Waals surface area contributed by atoms with E-state index in [1.54, 1.807) is 0 Å². The molecule has 0 aliphatic rings. The van der Waals surface area contributed by atoms with Crippen molar-refractivity contribution < 1.29 is 0 Å². The molecule has 40 heavy (non-hydrogen) atoms. The zero-order valence-corrected chi connectivity index (χ0v) is 23.8. The van der Waals surface area contributed by atoms with Crippen molar-refractivity contribution in [2.45, 2.75) is 6.17 Å². The molecule has 0 bridgehead atoms. The summed E-state index contributed by atoms with van der Waals surface area (Å²) in [5.41, 5.74) is 3.83. The van der Waals surface area contributed by atoms with Crippen LogP contribution in [-0.2, 0) is 6.17 Å². The van der Waals surface area contributed by atoms with E-state index in [1.807, 2.05) is 24.7 Å². The second kappa shape index (κ2) is 13.4. The Kier molecular flexibility index (Phi) is 9.03. The van der Waals surface area contributed by atoms with E-state index in [0.29, 0.717) is 0 Å². The summed E-state index contributed by atoms with van der Waals surface area (Å²) in [5, 5.41) is 4.25. The summed E-state index contributed by atoms with van der Waals surface area (Å²) in [6.07, 6.45) is 6.79. The smallest absolute Gasteiger partial charge is 0.168 e. The van der Waals surface area contributed by atoms with Crippen LogP contribution in [0.3, 0.4) is 0 Å². The number of benzene rings is 5. The fraction of sp³-hybridized carbons (Fsp3) is 0.0278. The minimum Gasteiger partial charge on any atom is -0.339 e. The van der Waals surface area contributed by atoms with Gasteiger partial charge in [-0.25, -0.2) is 4.98 Å². The quantitative estimate of drug-likeness (QED) is 0.202. The molecule has 0 unspecified atom stereocenters. The van der Waals surface area contributed by atoms with Crippen molar-refractivity contribution >= 4 is 37.1 Å². The van der Waals surface area contributed by atoms with Crippen LogP contribution < -0.4 is 15.6 Å². The van der Waals surface area contributed by atoms with E-state index in [9.17, 15) is 0 Å². The summed E-state index contributed by atoms with van der Waals surface area (Å²) in [6.45, 7) is 0. The van der Waals surface area contributed by atoms with Crippen molar-refractivity contribution in [3.63, 3.8) is 0 Å². The predicted molar refractivity (Wildman–Crippen MR) is 175 cm³/mol. The lowest BCUT2D eigenvalue weighted by molar-refractivity contribution is 0.862. The molecule has 0 saturated heterocycles. The molecule has 1 heterocycles. The van der Waals surface area contributed by atoms with E-state index in [1.165, 1.54) is 32.3 Å². The van der Waals surface area contributed by atoms with Gasteiger partial charge in [-0.1, -0.05) is 152 Å². The van der Waals surface area contributed by atoms with E-state index in [-0.39, 0.29) is 0 Å². The Morgan fingerprint density at radius 2 is 0.950 bits per heavy atom. The molecule has 0 saturated carbocycles. The molecule has 0 amide bonds. The SMILES string of the molecule is BC=C(c1ccccc1)c1ccccc1.c1ccc([Si](Cn2ccnc2)(c2ccccc2)c2ccccc2)cc1. The summed E-state index contributed by atoms with van der Waals surface area (Å²) < 4.78 is 2.22. The van der Waals surface area contributed by atoms with Crippen LogP contribution >= 0.6 is 0 Å². The van der Waals surface area contributed by atoms with E-state index < -0.39 is 8.07 Å². The lowest BCUT2D eigenvalue weighted by atomic mass is 9.92. The molecule has 0 fully saturated rings. The molecule has 0 N–H and O–H groups in total. The van der Waals surface area contributed by atoms with Gasteiger partial charge in [-0.05, 0) is 32.3 Å². The predicted octanol–water partition coefficient (Wildman–Crippen LogP) is 5.30. The van der Waals surface area contributed by atoms with Crippen molar-refractivity contribution in [1.82, 2.24) is 9.55 Å². The largest absolute Gasteiger partial charge is 0.339 e. The third-order valence-corrected chi connectivity index (χ3v) is 12.0. The Morgan fingerprint density at radius 3 is 1.27 bits per heavy atom. The van der Waals surface area contributed by atoms with Gasteiger partial charge in [-0.15, -0.1) is 5.98 Å². The summed E-state index contributed by atoms with van der Waals surface area (Å²) in [5.74, 6) is 2.16. The van der Waals surface area contributed by atoms with Gasteiger partial charge in [0.05, 0.1) is 6.33 Å². The molecule has 0 aliphatic carbocycles. The van der Waals surface area contributed by atoms with Crippen LogP contribution in [-0.4, -0.2) is 25.5 Å². The third-order valence-electron chi connectivity index (χ3n) is 7.24. The Hall–Kier alpha value is -4.67. The average molecular weight is 533 g/mol. The highest BCUT2D eigenvalue weighted by Crippen LogP contribution is 2.21. The molecule has 0 radical (unpaired) electrons. The van der Waals surface area contributed by atoms with Crippen LogP contribution in [0, 0.1) is 0 Å². The van der Waals surface area contributed by atoms with Crippen LogP contribution in [0.2, 0.25) is 0 Å². The Balaban J connectivity index is 0.000000184. The van der Waals surface area contributed by atoms with Gasteiger partial charge in [0.15, 0.2) is 8.07 Å². The molecule has 0 atom stereocenters. The highest BCUT2D eigenvalue weighted by atomic mass is 28.3. The van der Waals surface area contributed by atoms with Crippen LogP contribution in [0.1, 0.15) is 11.1 Å². The number of aromatic nitrogens is 2. The Morgan fingerprint density at radius 1 is 0.575 bits per heavy atom. The molecule has 194 valence electrons. The highest BCUT2D eigenvalue weighted by Gasteiger charge is 2.39. The molecule has 4 heteroatoms. The third kappa shape index (κ3) is 6.14. The molecule has 1 aromatic heterocycles. The average Bonchev–Trinajstić information content (AvgIpc) is 3.56. The van der Waals surface area contributed by atoms with Gasteiger partial charge in [-0.3, -0.25) is 0 Å². The first-order valence-electron chi connectivity index (χ1n) is 13.7. The van der Waals surface area contributed by atoms with Gasteiger partial charge in [-0.2, -0.15) is 0 Å². The van der Waals surface area contributed by atoms with Gasteiger partial charge in [0, 0.05) is 18.6 Å². The van der Waals surface area contributed by atoms with Crippen LogP contribution in [0.15, 0.2) is 176 Å². The summed E-state index contributed by atoms with van der Waals surface area (Å²) in [7, 11) is -0.127. The van der Waals surface area contributed by atoms with E-state index in [2.05, 4.69) is 169 Å². The minimum atomic E-state index is -2.21. The van der Waals surface area contributed by atoms with Gasteiger partial charge < -0.3 is 4.57 Å². The van der Waals surface area contributed by atoms with Crippen molar-refractivity contribution in [3.8, 4) is 0 Å². The van der Waals surface area contributed by atoms with Crippen molar-refractivity contribution in [2.24, 2.45) is 0 Å². The molecule has 5 aromatic carbocycles. The Labute approximate surface area is 239 Å². The molecular formula is C36H33BN2Si. The number of imidazole rings is 1.